The van der Waals surface area contributed by atoms with Gasteiger partial charge in [-0.2, -0.15) is 0 Å². The maximum atomic E-state index is 5.54. The van der Waals surface area contributed by atoms with Gasteiger partial charge in [-0.25, -0.2) is 0 Å². The van der Waals surface area contributed by atoms with Crippen LogP contribution in [0, 0.1) is 5.92 Å². The van der Waals surface area contributed by atoms with Crippen molar-refractivity contribution in [2.24, 2.45) is 5.92 Å². The third-order valence-corrected chi connectivity index (χ3v) is 2.86. The van der Waals surface area contributed by atoms with Gasteiger partial charge < -0.3 is 4.74 Å². The van der Waals surface area contributed by atoms with E-state index in [1.54, 1.807) is 0 Å². The summed E-state index contributed by atoms with van der Waals surface area (Å²) in [5.41, 5.74) is 0. The quantitative estimate of drug-likeness (QED) is 0.337. The summed E-state index contributed by atoms with van der Waals surface area (Å²) in [5.74, 6) is 0.736. The van der Waals surface area contributed by atoms with Crippen LogP contribution in [0.2, 0.25) is 0 Å². The molecule has 1 unspecified atom stereocenters. The van der Waals surface area contributed by atoms with Crippen LogP contribution >= 0.6 is 0 Å². The molecule has 0 aliphatic heterocycles. The Bertz CT molecular complexity index is 142. The molecule has 0 saturated heterocycles. The van der Waals surface area contributed by atoms with E-state index in [0.29, 0.717) is 0 Å². The zero-order valence-corrected chi connectivity index (χ0v) is 11.3. The first kappa shape index (κ1) is 15.7. The molecule has 0 aliphatic carbocycles. The summed E-state index contributed by atoms with van der Waals surface area (Å²) < 4.78 is 5.54. The molecule has 1 heteroatoms. The van der Waals surface area contributed by atoms with Gasteiger partial charge in [0, 0.05) is 13.2 Å². The van der Waals surface area contributed by atoms with Gasteiger partial charge in [0.25, 0.3) is 0 Å². The Kier molecular flexibility index (Phi) is 12.5. The smallest absolute Gasteiger partial charge is 0.0491 e. The summed E-state index contributed by atoms with van der Waals surface area (Å²) in [5, 5.41) is 0. The average Bonchev–Trinajstić information content (AvgIpc) is 2.28. The molecule has 1 atom stereocenters. The lowest BCUT2D eigenvalue weighted by Gasteiger charge is -2.11. The van der Waals surface area contributed by atoms with E-state index in [9.17, 15) is 0 Å². The van der Waals surface area contributed by atoms with Crippen LogP contribution in [0.1, 0.15) is 65.2 Å². The summed E-state index contributed by atoms with van der Waals surface area (Å²) in [6, 6.07) is 0. The van der Waals surface area contributed by atoms with Gasteiger partial charge in [-0.1, -0.05) is 45.6 Å². The van der Waals surface area contributed by atoms with E-state index in [1.165, 1.54) is 44.9 Å². The van der Waals surface area contributed by atoms with Crippen molar-refractivity contribution in [1.82, 2.24) is 0 Å². The van der Waals surface area contributed by atoms with E-state index in [2.05, 4.69) is 20.4 Å². The first-order chi connectivity index (χ1) is 7.81. The Morgan fingerprint density at radius 2 is 1.81 bits per heavy atom. The number of ether oxygens (including phenoxy) is 1. The summed E-state index contributed by atoms with van der Waals surface area (Å²) in [4.78, 5) is 0. The highest BCUT2D eigenvalue weighted by atomic mass is 16.5. The van der Waals surface area contributed by atoms with Crippen LogP contribution in [0.5, 0.6) is 0 Å². The molecule has 0 aromatic carbocycles. The molecule has 0 aromatic heterocycles. The molecule has 0 fully saturated rings. The number of hydrogen-bond acceptors (Lipinski definition) is 1. The number of unbranched alkanes of at least 4 members (excludes halogenated alkanes) is 5. The highest BCUT2D eigenvalue weighted by Gasteiger charge is 2.01. The van der Waals surface area contributed by atoms with Crippen LogP contribution < -0.4 is 0 Å². The van der Waals surface area contributed by atoms with Crippen molar-refractivity contribution in [3.05, 3.63) is 12.7 Å². The summed E-state index contributed by atoms with van der Waals surface area (Å²) in [6.07, 6.45) is 12.5. The fourth-order valence-electron chi connectivity index (χ4n) is 1.82. The minimum atomic E-state index is 0.736. The van der Waals surface area contributed by atoms with Crippen LogP contribution in [0.25, 0.3) is 0 Å². The van der Waals surface area contributed by atoms with E-state index < -0.39 is 0 Å². The van der Waals surface area contributed by atoms with Crippen molar-refractivity contribution >= 4 is 0 Å². The molecule has 1 nitrogen and oxygen atoms in total. The molecule has 0 rings (SSSR count). The molecule has 96 valence electrons. The zero-order valence-electron chi connectivity index (χ0n) is 11.3. The van der Waals surface area contributed by atoms with Crippen LogP contribution in [0.15, 0.2) is 12.7 Å². The van der Waals surface area contributed by atoms with Gasteiger partial charge in [-0.15, -0.1) is 6.58 Å². The third-order valence-electron chi connectivity index (χ3n) is 2.86. The molecule has 0 saturated carbocycles. The molecule has 0 aromatic rings. The minimum absolute atomic E-state index is 0.736. The molecule has 0 N–H and O–H groups in total. The van der Waals surface area contributed by atoms with E-state index in [-0.39, 0.29) is 0 Å². The SMILES string of the molecule is C=CCCCCCCCC(C)COCCC. The normalized spacial score (nSPS) is 12.6. The standard InChI is InChI=1S/C15H30O/c1-4-6-7-8-9-10-11-12-15(3)14-16-13-5-2/h4,15H,1,5-14H2,2-3H3. The van der Waals surface area contributed by atoms with Crippen molar-refractivity contribution in [3.63, 3.8) is 0 Å². The number of rotatable bonds is 12. The Balaban J connectivity index is 3.08. The topological polar surface area (TPSA) is 9.23 Å². The molecular formula is C15H30O. The van der Waals surface area contributed by atoms with Gasteiger partial charge in [0.15, 0.2) is 0 Å². The molecular weight excluding hydrogens is 196 g/mol. The Morgan fingerprint density at radius 3 is 2.50 bits per heavy atom. The van der Waals surface area contributed by atoms with Crippen molar-refractivity contribution in [2.75, 3.05) is 13.2 Å². The highest BCUT2D eigenvalue weighted by Crippen LogP contribution is 2.12. The second kappa shape index (κ2) is 12.8. The molecule has 0 bridgehead atoms. The van der Waals surface area contributed by atoms with Gasteiger partial charge in [0.1, 0.15) is 0 Å². The third kappa shape index (κ3) is 11.8. The summed E-state index contributed by atoms with van der Waals surface area (Å²) in [7, 11) is 0. The molecule has 0 aliphatic rings. The van der Waals surface area contributed by atoms with Crippen LogP contribution in [0.4, 0.5) is 0 Å². The number of hydrogen-bond donors (Lipinski definition) is 0. The van der Waals surface area contributed by atoms with E-state index in [0.717, 1.165) is 25.6 Å². The first-order valence-corrected chi connectivity index (χ1v) is 6.99. The largest absolute Gasteiger partial charge is 0.381 e. The summed E-state index contributed by atoms with van der Waals surface area (Å²) >= 11 is 0. The van der Waals surface area contributed by atoms with Gasteiger partial charge in [0.2, 0.25) is 0 Å². The molecule has 16 heavy (non-hydrogen) atoms. The lowest BCUT2D eigenvalue weighted by Crippen LogP contribution is -2.06. The highest BCUT2D eigenvalue weighted by molar-refractivity contribution is 4.65. The van der Waals surface area contributed by atoms with Gasteiger partial charge in [-0.3, -0.25) is 0 Å². The van der Waals surface area contributed by atoms with Crippen molar-refractivity contribution in [3.8, 4) is 0 Å². The second-order valence-electron chi connectivity index (χ2n) is 4.81. The van der Waals surface area contributed by atoms with E-state index in [1.807, 2.05) is 6.08 Å². The monoisotopic (exact) mass is 226 g/mol. The molecule has 0 heterocycles. The fraction of sp³-hybridized carbons (Fsp3) is 0.867. The predicted molar refractivity (Wildman–Crippen MR) is 72.8 cm³/mol. The Labute approximate surface area is 102 Å². The predicted octanol–water partition coefficient (Wildman–Crippen LogP) is 4.97. The fourth-order valence-corrected chi connectivity index (χ4v) is 1.82. The Morgan fingerprint density at radius 1 is 1.12 bits per heavy atom. The van der Waals surface area contributed by atoms with Crippen LogP contribution in [-0.4, -0.2) is 13.2 Å². The van der Waals surface area contributed by atoms with Crippen LogP contribution in [-0.2, 0) is 4.74 Å². The van der Waals surface area contributed by atoms with Crippen molar-refractivity contribution < 1.29 is 4.74 Å². The molecule has 0 amide bonds. The van der Waals surface area contributed by atoms with Gasteiger partial charge >= 0.3 is 0 Å². The van der Waals surface area contributed by atoms with Crippen molar-refractivity contribution in [1.29, 1.82) is 0 Å². The van der Waals surface area contributed by atoms with Crippen LogP contribution in [0.3, 0.4) is 0 Å². The maximum absolute atomic E-state index is 5.54. The number of allylic oxidation sites excluding steroid dienone is 1. The lowest BCUT2D eigenvalue weighted by atomic mass is 10.0. The molecule has 0 radical (unpaired) electrons. The lowest BCUT2D eigenvalue weighted by molar-refractivity contribution is 0.102. The van der Waals surface area contributed by atoms with E-state index >= 15 is 0 Å². The maximum Gasteiger partial charge on any atom is 0.0491 e. The average molecular weight is 226 g/mol. The van der Waals surface area contributed by atoms with Gasteiger partial charge in [-0.05, 0) is 31.6 Å². The summed E-state index contributed by atoms with van der Waals surface area (Å²) in [6.45, 7) is 10.1. The van der Waals surface area contributed by atoms with E-state index in [4.69, 9.17) is 4.74 Å². The minimum Gasteiger partial charge on any atom is -0.381 e. The second-order valence-corrected chi connectivity index (χ2v) is 4.81. The van der Waals surface area contributed by atoms with Crippen molar-refractivity contribution in [2.45, 2.75) is 65.2 Å². The molecule has 0 spiro atoms. The zero-order chi connectivity index (χ0) is 12.1. The Hall–Kier alpha value is -0.300. The first-order valence-electron chi connectivity index (χ1n) is 6.99. The van der Waals surface area contributed by atoms with Gasteiger partial charge in [0.05, 0.1) is 0 Å².